The first kappa shape index (κ1) is 22.2. The van der Waals surface area contributed by atoms with Gasteiger partial charge in [0, 0.05) is 23.8 Å². The van der Waals surface area contributed by atoms with Crippen molar-refractivity contribution in [1.29, 1.82) is 0 Å². The summed E-state index contributed by atoms with van der Waals surface area (Å²) in [6.07, 6.45) is 3.23. The molecular formula is C28H38N2+2. The van der Waals surface area contributed by atoms with Crippen LogP contribution in [0.4, 0.5) is 0 Å². The molecule has 3 aromatic rings. The minimum Gasteiger partial charge on any atom is -0.196 e. The lowest BCUT2D eigenvalue weighted by Crippen LogP contribution is -2.41. The van der Waals surface area contributed by atoms with Crippen LogP contribution in [0.25, 0.3) is 22.6 Å². The predicted molar refractivity (Wildman–Crippen MR) is 127 cm³/mol. The van der Waals surface area contributed by atoms with E-state index in [4.69, 9.17) is 0 Å². The summed E-state index contributed by atoms with van der Waals surface area (Å²) in [5.41, 5.74) is 13.6. The summed E-state index contributed by atoms with van der Waals surface area (Å²) in [6.45, 7) is 18.1. The molecule has 0 N–H and O–H groups in total. The van der Waals surface area contributed by atoms with Gasteiger partial charge in [-0.15, -0.1) is 0 Å². The molecule has 0 fully saturated rings. The fraction of sp³-hybridized carbons (Fsp3) is 0.429. The molecule has 0 aliphatic carbocycles. The Bertz CT molecular complexity index is 1040. The number of pyridine rings is 2. The topological polar surface area (TPSA) is 7.76 Å². The van der Waals surface area contributed by atoms with E-state index in [2.05, 4.69) is 115 Å². The first-order valence-corrected chi connectivity index (χ1v) is 11.0. The molecule has 0 amide bonds. The van der Waals surface area contributed by atoms with Crippen molar-refractivity contribution < 1.29 is 9.13 Å². The smallest absolute Gasteiger partial charge is 0.196 e. The van der Waals surface area contributed by atoms with Crippen LogP contribution in [-0.4, -0.2) is 0 Å². The molecule has 3 rings (SSSR count). The number of rotatable bonds is 3. The van der Waals surface area contributed by atoms with Gasteiger partial charge in [-0.05, 0) is 74.3 Å². The lowest BCUT2D eigenvalue weighted by molar-refractivity contribution is -0.685. The molecule has 30 heavy (non-hydrogen) atoms. The molecule has 158 valence electrons. The highest BCUT2D eigenvalue weighted by Gasteiger charge is 2.29. The highest BCUT2D eigenvalue weighted by molar-refractivity contribution is 5.69. The van der Waals surface area contributed by atoms with E-state index in [1.54, 1.807) is 0 Å². The largest absolute Gasteiger partial charge is 0.280 e. The third kappa shape index (κ3) is 4.19. The molecule has 0 aliphatic heterocycles. The Morgan fingerprint density at radius 3 is 1.93 bits per heavy atom. The summed E-state index contributed by atoms with van der Waals surface area (Å²) in [6, 6.07) is 11.5. The molecule has 0 radical (unpaired) electrons. The second kappa shape index (κ2) is 7.98. The molecule has 2 heterocycles. The third-order valence-electron chi connectivity index (χ3n) is 6.39. The highest BCUT2D eigenvalue weighted by atomic mass is 15.0. The Hall–Kier alpha value is -2.48. The summed E-state index contributed by atoms with van der Waals surface area (Å²) in [5, 5.41) is 0. The van der Waals surface area contributed by atoms with Gasteiger partial charge in [-0.3, -0.25) is 0 Å². The van der Waals surface area contributed by atoms with Gasteiger partial charge in [-0.1, -0.05) is 32.9 Å². The number of aromatic nitrogens is 2. The Balaban J connectivity index is 2.41. The zero-order valence-corrected chi connectivity index (χ0v) is 20.6. The van der Waals surface area contributed by atoms with Crippen molar-refractivity contribution in [3.63, 3.8) is 0 Å². The molecule has 2 nitrogen and oxygen atoms in total. The van der Waals surface area contributed by atoms with Gasteiger partial charge in [0.1, 0.15) is 14.1 Å². The average Bonchev–Trinajstić information content (AvgIpc) is 2.64. The van der Waals surface area contributed by atoms with E-state index in [0.29, 0.717) is 0 Å². The van der Waals surface area contributed by atoms with Gasteiger partial charge < -0.3 is 0 Å². The minimum absolute atomic E-state index is 0.231. The maximum Gasteiger partial charge on any atom is 0.280 e. The molecule has 0 aliphatic rings. The van der Waals surface area contributed by atoms with Gasteiger partial charge in [0.15, 0.2) is 6.20 Å². The van der Waals surface area contributed by atoms with E-state index < -0.39 is 0 Å². The number of hydrogen-bond donors (Lipinski definition) is 0. The summed E-state index contributed by atoms with van der Waals surface area (Å²) in [4.78, 5) is 0. The fourth-order valence-corrected chi connectivity index (χ4v) is 4.49. The van der Waals surface area contributed by atoms with Crippen LogP contribution in [0.15, 0.2) is 36.5 Å². The first-order chi connectivity index (χ1) is 13.9. The van der Waals surface area contributed by atoms with E-state index in [9.17, 15) is 0 Å². The molecule has 0 atom stereocenters. The molecule has 0 unspecified atom stereocenters. The van der Waals surface area contributed by atoms with Gasteiger partial charge >= 0.3 is 0 Å². The van der Waals surface area contributed by atoms with E-state index in [1.807, 2.05) is 0 Å². The van der Waals surface area contributed by atoms with Crippen molar-refractivity contribution in [2.24, 2.45) is 19.5 Å². The predicted octanol–water partition coefficient (Wildman–Crippen LogP) is 5.80. The standard InChI is InChI=1S/C28H38N2/c1-18-11-12-20(3)26(21(18)4)24-15-23(17-28(6,7)8)16-25(30(24)10)27-22(5)19(2)13-14-29(27)9/h11-16H,17H2,1-10H3/q+2. The van der Waals surface area contributed by atoms with Crippen LogP contribution in [0.1, 0.15) is 54.2 Å². The normalized spacial score (nSPS) is 11.8. The van der Waals surface area contributed by atoms with Crippen LogP contribution in [0.5, 0.6) is 0 Å². The lowest BCUT2D eigenvalue weighted by Gasteiger charge is -2.19. The average molecular weight is 403 g/mol. The minimum atomic E-state index is 0.231. The number of nitrogens with zero attached hydrogens (tertiary/aromatic N) is 2. The van der Waals surface area contributed by atoms with Crippen LogP contribution in [0.2, 0.25) is 0 Å². The SMILES string of the molecule is Cc1ccc(C)c(-c2cc(CC(C)(C)C)cc(-c3c(C)c(C)cc[n+]3C)[n+]2C)c1C. The Morgan fingerprint density at radius 1 is 0.733 bits per heavy atom. The van der Waals surface area contributed by atoms with Crippen molar-refractivity contribution in [2.75, 3.05) is 0 Å². The number of benzene rings is 1. The van der Waals surface area contributed by atoms with Crippen LogP contribution in [0, 0.1) is 40.0 Å². The van der Waals surface area contributed by atoms with Crippen LogP contribution in [-0.2, 0) is 20.5 Å². The zero-order valence-electron chi connectivity index (χ0n) is 20.6. The van der Waals surface area contributed by atoms with Crippen molar-refractivity contribution in [3.05, 3.63) is 69.9 Å². The maximum absolute atomic E-state index is 2.41. The van der Waals surface area contributed by atoms with E-state index in [0.717, 1.165) is 6.42 Å². The van der Waals surface area contributed by atoms with Gasteiger partial charge in [-0.25, -0.2) is 0 Å². The molecule has 1 aromatic carbocycles. The quantitative estimate of drug-likeness (QED) is 0.489. The van der Waals surface area contributed by atoms with Crippen molar-refractivity contribution >= 4 is 0 Å². The van der Waals surface area contributed by atoms with Crippen LogP contribution >= 0.6 is 0 Å². The van der Waals surface area contributed by atoms with Crippen molar-refractivity contribution in [3.8, 4) is 22.6 Å². The van der Waals surface area contributed by atoms with Crippen LogP contribution < -0.4 is 9.13 Å². The number of hydrogen-bond acceptors (Lipinski definition) is 0. The Morgan fingerprint density at radius 2 is 1.30 bits per heavy atom. The van der Waals surface area contributed by atoms with Gasteiger partial charge in [0.25, 0.3) is 11.4 Å². The highest BCUT2D eigenvalue weighted by Crippen LogP contribution is 2.32. The lowest BCUT2D eigenvalue weighted by atomic mass is 9.86. The fourth-order valence-electron chi connectivity index (χ4n) is 4.49. The van der Waals surface area contributed by atoms with Gasteiger partial charge in [0.2, 0.25) is 5.69 Å². The summed E-state index contributed by atoms with van der Waals surface area (Å²) in [7, 11) is 4.37. The monoisotopic (exact) mass is 402 g/mol. The van der Waals surface area contributed by atoms with Crippen molar-refractivity contribution in [1.82, 2.24) is 0 Å². The molecule has 0 spiro atoms. The molecule has 0 saturated heterocycles. The molecule has 2 heteroatoms. The molecule has 0 saturated carbocycles. The molecule has 2 aromatic heterocycles. The van der Waals surface area contributed by atoms with Crippen molar-refractivity contribution in [2.45, 2.75) is 61.8 Å². The summed E-state index contributed by atoms with van der Waals surface area (Å²) < 4.78 is 4.65. The summed E-state index contributed by atoms with van der Waals surface area (Å²) in [5.74, 6) is 0. The second-order valence-corrected chi connectivity index (χ2v) is 10.2. The van der Waals surface area contributed by atoms with E-state index >= 15 is 0 Å². The van der Waals surface area contributed by atoms with Gasteiger partial charge in [0.05, 0.1) is 5.56 Å². The zero-order chi connectivity index (χ0) is 22.4. The Labute approximate surface area is 183 Å². The number of aryl methyl sites for hydroxylation is 4. The van der Waals surface area contributed by atoms with E-state index in [-0.39, 0.29) is 5.41 Å². The maximum atomic E-state index is 2.41. The third-order valence-corrected chi connectivity index (χ3v) is 6.39. The summed E-state index contributed by atoms with van der Waals surface area (Å²) >= 11 is 0. The molecular weight excluding hydrogens is 364 g/mol. The first-order valence-electron chi connectivity index (χ1n) is 11.0. The molecule has 0 bridgehead atoms. The van der Waals surface area contributed by atoms with Gasteiger partial charge in [-0.2, -0.15) is 9.13 Å². The Kier molecular flexibility index (Phi) is 5.91. The van der Waals surface area contributed by atoms with E-state index in [1.165, 1.54) is 56.0 Å². The van der Waals surface area contributed by atoms with Crippen LogP contribution in [0.3, 0.4) is 0 Å². The second-order valence-electron chi connectivity index (χ2n) is 10.2.